The standard InChI is InChI=1S/C19H27N3O2/c1-13-4-3-5-14(2)19(13)21-18(24)12-22(16-8-9-16)11-10-17(23)20-15-6-7-15/h3-5,15-16H,6-12H2,1-2H3,(H,20,23)(H,21,24). The minimum atomic E-state index is 0.00176. The fourth-order valence-corrected chi connectivity index (χ4v) is 2.98. The summed E-state index contributed by atoms with van der Waals surface area (Å²) in [5, 5.41) is 6.05. The summed E-state index contributed by atoms with van der Waals surface area (Å²) in [6.45, 7) is 5.02. The number of amides is 2. The molecule has 0 aromatic heterocycles. The van der Waals surface area contributed by atoms with E-state index in [1.54, 1.807) is 0 Å². The summed E-state index contributed by atoms with van der Waals surface area (Å²) in [5.41, 5.74) is 3.06. The normalized spacial score (nSPS) is 17.0. The number of aryl methyl sites for hydroxylation is 2. The highest BCUT2D eigenvalue weighted by Gasteiger charge is 2.31. The Balaban J connectivity index is 1.51. The van der Waals surface area contributed by atoms with E-state index in [0.717, 1.165) is 42.5 Å². The van der Waals surface area contributed by atoms with Gasteiger partial charge >= 0.3 is 0 Å². The van der Waals surface area contributed by atoms with Crippen LogP contribution in [0.1, 0.15) is 43.2 Å². The van der Waals surface area contributed by atoms with E-state index in [4.69, 9.17) is 0 Å². The summed E-state index contributed by atoms with van der Waals surface area (Å²) < 4.78 is 0. The molecule has 2 fully saturated rings. The van der Waals surface area contributed by atoms with E-state index in [0.29, 0.717) is 31.6 Å². The lowest BCUT2D eigenvalue weighted by Gasteiger charge is -2.22. The van der Waals surface area contributed by atoms with Crippen LogP contribution in [-0.4, -0.2) is 41.9 Å². The van der Waals surface area contributed by atoms with Crippen molar-refractivity contribution in [3.05, 3.63) is 29.3 Å². The zero-order valence-corrected chi connectivity index (χ0v) is 14.6. The SMILES string of the molecule is Cc1cccc(C)c1NC(=O)CN(CCC(=O)NC1CC1)C1CC1. The Morgan fingerprint density at radius 2 is 1.75 bits per heavy atom. The molecule has 5 nitrogen and oxygen atoms in total. The summed E-state index contributed by atoms with van der Waals surface area (Å²) in [6.07, 6.45) is 4.94. The van der Waals surface area contributed by atoms with Gasteiger partial charge in [-0.25, -0.2) is 0 Å². The number of benzene rings is 1. The molecule has 0 unspecified atom stereocenters. The summed E-state index contributed by atoms with van der Waals surface area (Å²) in [4.78, 5) is 26.5. The number of anilines is 1. The van der Waals surface area contributed by atoms with Gasteiger partial charge in [-0.1, -0.05) is 18.2 Å². The van der Waals surface area contributed by atoms with Crippen LogP contribution in [0.2, 0.25) is 0 Å². The highest BCUT2D eigenvalue weighted by molar-refractivity contribution is 5.93. The summed E-state index contributed by atoms with van der Waals surface area (Å²) in [6, 6.07) is 6.86. The van der Waals surface area contributed by atoms with Crippen molar-refractivity contribution < 1.29 is 9.59 Å². The van der Waals surface area contributed by atoms with Crippen LogP contribution in [0.25, 0.3) is 0 Å². The van der Waals surface area contributed by atoms with Crippen molar-refractivity contribution in [2.24, 2.45) is 0 Å². The van der Waals surface area contributed by atoms with Crippen molar-refractivity contribution >= 4 is 17.5 Å². The van der Waals surface area contributed by atoms with Gasteiger partial charge < -0.3 is 10.6 Å². The molecule has 1 aromatic carbocycles. The Labute approximate surface area is 143 Å². The molecule has 3 rings (SSSR count). The molecule has 1 aromatic rings. The lowest BCUT2D eigenvalue weighted by Crippen LogP contribution is -2.38. The number of carbonyl (C=O) groups is 2. The second-order valence-corrected chi connectivity index (χ2v) is 7.11. The van der Waals surface area contributed by atoms with Gasteiger partial charge in [-0.3, -0.25) is 14.5 Å². The fourth-order valence-electron chi connectivity index (χ4n) is 2.98. The third-order valence-corrected chi connectivity index (χ3v) is 4.72. The summed E-state index contributed by atoms with van der Waals surface area (Å²) in [7, 11) is 0. The van der Waals surface area contributed by atoms with Gasteiger partial charge in [0.25, 0.3) is 0 Å². The first-order valence-corrected chi connectivity index (χ1v) is 8.92. The van der Waals surface area contributed by atoms with Crippen molar-refractivity contribution in [2.45, 2.75) is 58.0 Å². The average molecular weight is 329 g/mol. The first-order valence-electron chi connectivity index (χ1n) is 8.92. The number of hydrogen-bond donors (Lipinski definition) is 2. The van der Waals surface area contributed by atoms with Crippen molar-refractivity contribution in [2.75, 3.05) is 18.4 Å². The molecule has 2 saturated carbocycles. The predicted octanol–water partition coefficient (Wildman–Crippen LogP) is 2.38. The molecular weight excluding hydrogens is 302 g/mol. The van der Waals surface area contributed by atoms with E-state index in [1.165, 1.54) is 0 Å². The Kier molecular flexibility index (Phi) is 5.19. The van der Waals surface area contributed by atoms with Crippen molar-refractivity contribution in [1.29, 1.82) is 0 Å². The average Bonchev–Trinajstić information content (AvgIpc) is 3.41. The van der Waals surface area contributed by atoms with E-state index in [9.17, 15) is 9.59 Å². The molecule has 2 aliphatic carbocycles. The molecular formula is C19H27N3O2. The highest BCUT2D eigenvalue weighted by Crippen LogP contribution is 2.27. The maximum Gasteiger partial charge on any atom is 0.238 e. The van der Waals surface area contributed by atoms with E-state index in [2.05, 4.69) is 15.5 Å². The number of para-hydroxylation sites is 1. The Morgan fingerprint density at radius 3 is 2.33 bits per heavy atom. The summed E-state index contributed by atoms with van der Waals surface area (Å²) >= 11 is 0. The second-order valence-electron chi connectivity index (χ2n) is 7.11. The molecule has 0 saturated heterocycles. The molecule has 0 heterocycles. The van der Waals surface area contributed by atoms with Crippen LogP contribution >= 0.6 is 0 Å². The Bertz CT molecular complexity index is 601. The number of nitrogens with one attached hydrogen (secondary N) is 2. The molecule has 0 spiro atoms. The largest absolute Gasteiger partial charge is 0.353 e. The molecule has 0 aliphatic heterocycles. The van der Waals surface area contributed by atoms with Gasteiger partial charge in [-0.2, -0.15) is 0 Å². The van der Waals surface area contributed by atoms with Crippen molar-refractivity contribution in [3.63, 3.8) is 0 Å². The number of rotatable bonds is 8. The predicted molar refractivity (Wildman–Crippen MR) is 94.9 cm³/mol. The molecule has 2 N–H and O–H groups in total. The van der Waals surface area contributed by atoms with Crippen LogP contribution in [0.15, 0.2) is 18.2 Å². The summed E-state index contributed by atoms with van der Waals surface area (Å²) in [5.74, 6) is 0.111. The van der Waals surface area contributed by atoms with Gasteiger partial charge in [-0.15, -0.1) is 0 Å². The van der Waals surface area contributed by atoms with Gasteiger partial charge in [0.2, 0.25) is 11.8 Å². The number of hydrogen-bond acceptors (Lipinski definition) is 3. The van der Waals surface area contributed by atoms with E-state index in [1.807, 2.05) is 32.0 Å². The topological polar surface area (TPSA) is 61.4 Å². The molecule has 24 heavy (non-hydrogen) atoms. The van der Waals surface area contributed by atoms with Crippen LogP contribution in [0.5, 0.6) is 0 Å². The highest BCUT2D eigenvalue weighted by atomic mass is 16.2. The van der Waals surface area contributed by atoms with Crippen LogP contribution in [0.4, 0.5) is 5.69 Å². The maximum absolute atomic E-state index is 12.4. The van der Waals surface area contributed by atoms with Gasteiger partial charge in [0.15, 0.2) is 0 Å². The van der Waals surface area contributed by atoms with Crippen LogP contribution in [-0.2, 0) is 9.59 Å². The minimum Gasteiger partial charge on any atom is -0.353 e. The number of nitrogens with zero attached hydrogens (tertiary/aromatic N) is 1. The second kappa shape index (κ2) is 7.34. The van der Waals surface area contributed by atoms with E-state index >= 15 is 0 Å². The van der Waals surface area contributed by atoms with Gasteiger partial charge in [-0.05, 0) is 50.7 Å². The lowest BCUT2D eigenvalue weighted by atomic mass is 10.1. The first-order chi connectivity index (χ1) is 11.5. The zero-order valence-electron chi connectivity index (χ0n) is 14.6. The minimum absolute atomic E-state index is 0.00176. The molecule has 130 valence electrons. The number of carbonyl (C=O) groups excluding carboxylic acids is 2. The quantitative estimate of drug-likeness (QED) is 0.770. The molecule has 0 bridgehead atoms. The zero-order chi connectivity index (χ0) is 17.1. The van der Waals surface area contributed by atoms with E-state index < -0.39 is 0 Å². The monoisotopic (exact) mass is 329 g/mol. The fraction of sp³-hybridized carbons (Fsp3) is 0.579. The third-order valence-electron chi connectivity index (χ3n) is 4.72. The molecule has 2 amide bonds. The van der Waals surface area contributed by atoms with Crippen LogP contribution in [0.3, 0.4) is 0 Å². The van der Waals surface area contributed by atoms with E-state index in [-0.39, 0.29) is 11.8 Å². The maximum atomic E-state index is 12.4. The lowest BCUT2D eigenvalue weighted by molar-refractivity contribution is -0.122. The van der Waals surface area contributed by atoms with Crippen molar-refractivity contribution in [1.82, 2.24) is 10.2 Å². The Morgan fingerprint density at radius 1 is 1.08 bits per heavy atom. The van der Waals surface area contributed by atoms with Gasteiger partial charge in [0, 0.05) is 30.7 Å². The third kappa shape index (κ3) is 4.81. The van der Waals surface area contributed by atoms with Crippen molar-refractivity contribution in [3.8, 4) is 0 Å². The van der Waals surface area contributed by atoms with Gasteiger partial charge in [0.05, 0.1) is 6.54 Å². The molecule has 0 radical (unpaired) electrons. The van der Waals surface area contributed by atoms with Crippen LogP contribution in [0, 0.1) is 13.8 Å². The van der Waals surface area contributed by atoms with Gasteiger partial charge in [0.1, 0.15) is 0 Å². The molecule has 0 atom stereocenters. The first kappa shape index (κ1) is 17.0. The Hall–Kier alpha value is -1.88. The molecule has 5 heteroatoms. The molecule has 2 aliphatic rings. The smallest absolute Gasteiger partial charge is 0.238 e. The van der Waals surface area contributed by atoms with Crippen LogP contribution < -0.4 is 10.6 Å².